The van der Waals surface area contributed by atoms with Gasteiger partial charge in [0.2, 0.25) is 0 Å². The number of carbonyl (C=O) groups excluding carboxylic acids is 1. The molecule has 2 N–H and O–H groups in total. The Hall–Kier alpha value is -0.830. The Kier molecular flexibility index (Phi) is 3.69. The standard InChI is InChI=1S/C11H14BrNO/c1-3-7-5-8(6-14)11(13)9(4-2)10(7)12/h5-6H,3-4,13H2,1-2H3. The summed E-state index contributed by atoms with van der Waals surface area (Å²) in [7, 11) is 0. The fourth-order valence-electron chi connectivity index (χ4n) is 1.52. The van der Waals surface area contributed by atoms with Crippen molar-refractivity contribution in [2.24, 2.45) is 0 Å². The molecule has 3 heteroatoms. The van der Waals surface area contributed by atoms with Gasteiger partial charge in [-0.05, 0) is 30.0 Å². The van der Waals surface area contributed by atoms with Crippen molar-refractivity contribution in [2.75, 3.05) is 5.73 Å². The molecule has 0 spiro atoms. The molecular weight excluding hydrogens is 242 g/mol. The number of aryl methyl sites for hydroxylation is 1. The molecule has 0 heterocycles. The molecule has 0 bridgehead atoms. The van der Waals surface area contributed by atoms with Crippen LogP contribution in [0, 0.1) is 0 Å². The van der Waals surface area contributed by atoms with Crippen molar-refractivity contribution in [1.29, 1.82) is 0 Å². The van der Waals surface area contributed by atoms with E-state index in [9.17, 15) is 4.79 Å². The van der Waals surface area contributed by atoms with E-state index in [1.54, 1.807) is 0 Å². The monoisotopic (exact) mass is 255 g/mol. The van der Waals surface area contributed by atoms with Crippen molar-refractivity contribution >= 4 is 27.9 Å². The van der Waals surface area contributed by atoms with Crippen LogP contribution < -0.4 is 5.73 Å². The van der Waals surface area contributed by atoms with Crippen LogP contribution in [0.3, 0.4) is 0 Å². The lowest BCUT2D eigenvalue weighted by Gasteiger charge is -2.12. The van der Waals surface area contributed by atoms with Gasteiger partial charge < -0.3 is 5.73 Å². The molecule has 0 saturated heterocycles. The molecule has 0 aliphatic carbocycles. The summed E-state index contributed by atoms with van der Waals surface area (Å²) in [6.45, 7) is 4.09. The van der Waals surface area contributed by atoms with Crippen molar-refractivity contribution in [1.82, 2.24) is 0 Å². The smallest absolute Gasteiger partial charge is 0.152 e. The SMILES string of the molecule is CCc1cc(C=O)c(N)c(CC)c1Br. The second-order valence-electron chi connectivity index (χ2n) is 3.16. The van der Waals surface area contributed by atoms with Crippen LogP contribution in [-0.2, 0) is 12.8 Å². The highest BCUT2D eigenvalue weighted by Crippen LogP contribution is 2.30. The molecule has 0 unspecified atom stereocenters. The van der Waals surface area contributed by atoms with E-state index in [0.29, 0.717) is 11.3 Å². The molecule has 0 amide bonds. The van der Waals surface area contributed by atoms with Gasteiger partial charge in [-0.1, -0.05) is 29.8 Å². The minimum Gasteiger partial charge on any atom is -0.398 e. The summed E-state index contributed by atoms with van der Waals surface area (Å²) < 4.78 is 1.05. The van der Waals surface area contributed by atoms with E-state index in [2.05, 4.69) is 22.9 Å². The van der Waals surface area contributed by atoms with Gasteiger partial charge in [0, 0.05) is 15.7 Å². The summed E-state index contributed by atoms with van der Waals surface area (Å²) in [6, 6.07) is 1.85. The van der Waals surface area contributed by atoms with E-state index in [-0.39, 0.29) is 0 Å². The van der Waals surface area contributed by atoms with Gasteiger partial charge in [-0.3, -0.25) is 4.79 Å². The summed E-state index contributed by atoms with van der Waals surface area (Å²) in [5.41, 5.74) is 9.24. The lowest BCUT2D eigenvalue weighted by Crippen LogP contribution is -2.02. The molecule has 2 nitrogen and oxygen atoms in total. The molecule has 0 atom stereocenters. The molecular formula is C11H14BrNO. The van der Waals surface area contributed by atoms with Crippen molar-refractivity contribution in [3.63, 3.8) is 0 Å². The number of halogens is 1. The van der Waals surface area contributed by atoms with Crippen molar-refractivity contribution in [3.05, 3.63) is 27.2 Å². The number of anilines is 1. The largest absolute Gasteiger partial charge is 0.398 e. The summed E-state index contributed by atoms with van der Waals surface area (Å²) in [5.74, 6) is 0. The first-order valence-electron chi connectivity index (χ1n) is 4.70. The summed E-state index contributed by atoms with van der Waals surface area (Å²) in [6.07, 6.45) is 2.55. The second-order valence-corrected chi connectivity index (χ2v) is 3.95. The van der Waals surface area contributed by atoms with E-state index in [0.717, 1.165) is 34.7 Å². The highest BCUT2D eigenvalue weighted by atomic mass is 79.9. The maximum atomic E-state index is 10.8. The number of hydrogen-bond acceptors (Lipinski definition) is 2. The molecule has 1 aromatic rings. The number of rotatable bonds is 3. The van der Waals surface area contributed by atoms with Crippen molar-refractivity contribution in [3.8, 4) is 0 Å². The molecule has 0 fully saturated rings. The molecule has 1 rings (SSSR count). The molecule has 0 aromatic heterocycles. The zero-order valence-corrected chi connectivity index (χ0v) is 10.0. The third-order valence-corrected chi connectivity index (χ3v) is 3.36. The van der Waals surface area contributed by atoms with Gasteiger partial charge in [0.1, 0.15) is 0 Å². The van der Waals surface area contributed by atoms with Gasteiger partial charge in [0.25, 0.3) is 0 Å². The van der Waals surface area contributed by atoms with Crippen LogP contribution in [0.5, 0.6) is 0 Å². The summed E-state index contributed by atoms with van der Waals surface area (Å²) >= 11 is 3.52. The van der Waals surface area contributed by atoms with E-state index in [4.69, 9.17) is 5.73 Å². The minimum absolute atomic E-state index is 0.599. The first-order valence-corrected chi connectivity index (χ1v) is 5.49. The Morgan fingerprint density at radius 3 is 2.50 bits per heavy atom. The van der Waals surface area contributed by atoms with Gasteiger partial charge in [-0.2, -0.15) is 0 Å². The summed E-state index contributed by atoms with van der Waals surface area (Å²) in [5, 5.41) is 0. The molecule has 1 aromatic carbocycles. The lowest BCUT2D eigenvalue weighted by molar-refractivity contribution is 0.112. The molecule has 14 heavy (non-hydrogen) atoms. The minimum atomic E-state index is 0.599. The van der Waals surface area contributed by atoms with Gasteiger partial charge in [-0.15, -0.1) is 0 Å². The Labute approximate surface area is 92.6 Å². The van der Waals surface area contributed by atoms with Crippen LogP contribution in [-0.4, -0.2) is 6.29 Å². The van der Waals surface area contributed by atoms with Crippen LogP contribution in [0.25, 0.3) is 0 Å². The van der Waals surface area contributed by atoms with Crippen molar-refractivity contribution in [2.45, 2.75) is 26.7 Å². The fourth-order valence-corrected chi connectivity index (χ4v) is 2.40. The first kappa shape index (κ1) is 11.2. The van der Waals surface area contributed by atoms with Gasteiger partial charge >= 0.3 is 0 Å². The third-order valence-electron chi connectivity index (χ3n) is 2.37. The topological polar surface area (TPSA) is 43.1 Å². The van der Waals surface area contributed by atoms with Gasteiger partial charge in [-0.25, -0.2) is 0 Å². The van der Waals surface area contributed by atoms with Gasteiger partial charge in [0.15, 0.2) is 6.29 Å². The predicted molar refractivity (Wildman–Crippen MR) is 62.7 cm³/mol. The zero-order chi connectivity index (χ0) is 10.7. The van der Waals surface area contributed by atoms with E-state index >= 15 is 0 Å². The first-order chi connectivity index (χ1) is 6.65. The van der Waals surface area contributed by atoms with Crippen LogP contribution in [0.1, 0.15) is 35.3 Å². The molecule has 0 aliphatic heterocycles. The van der Waals surface area contributed by atoms with Crippen molar-refractivity contribution < 1.29 is 4.79 Å². The summed E-state index contributed by atoms with van der Waals surface area (Å²) in [4.78, 5) is 10.8. The number of aldehydes is 1. The fraction of sp³-hybridized carbons (Fsp3) is 0.364. The Morgan fingerprint density at radius 2 is 2.07 bits per heavy atom. The maximum absolute atomic E-state index is 10.8. The highest BCUT2D eigenvalue weighted by molar-refractivity contribution is 9.10. The second kappa shape index (κ2) is 4.60. The Balaban J connectivity index is 3.46. The normalized spacial score (nSPS) is 10.2. The average molecular weight is 256 g/mol. The highest BCUT2D eigenvalue weighted by Gasteiger charge is 2.11. The van der Waals surface area contributed by atoms with Crippen LogP contribution in [0.15, 0.2) is 10.5 Å². The number of nitrogen functional groups attached to an aromatic ring is 1. The molecule has 0 radical (unpaired) electrons. The van der Waals surface area contributed by atoms with Crippen LogP contribution >= 0.6 is 15.9 Å². The lowest BCUT2D eigenvalue weighted by atomic mass is 10.0. The van der Waals surface area contributed by atoms with E-state index in [1.165, 1.54) is 0 Å². The quantitative estimate of drug-likeness (QED) is 0.667. The molecule has 76 valence electrons. The van der Waals surface area contributed by atoms with Gasteiger partial charge in [0.05, 0.1) is 0 Å². The number of nitrogens with two attached hydrogens (primary N) is 1. The zero-order valence-electron chi connectivity index (χ0n) is 8.43. The predicted octanol–water partition coefficient (Wildman–Crippen LogP) is 2.97. The Bertz CT molecular complexity index is 361. The van der Waals surface area contributed by atoms with Crippen LogP contribution in [0.4, 0.5) is 5.69 Å². The van der Waals surface area contributed by atoms with E-state index in [1.807, 2.05) is 13.0 Å². The average Bonchev–Trinajstić information content (AvgIpc) is 2.19. The number of hydrogen-bond donors (Lipinski definition) is 1. The van der Waals surface area contributed by atoms with E-state index < -0.39 is 0 Å². The molecule has 0 saturated carbocycles. The number of carbonyl (C=O) groups is 1. The third kappa shape index (κ3) is 1.82. The Morgan fingerprint density at radius 1 is 1.43 bits per heavy atom. The maximum Gasteiger partial charge on any atom is 0.152 e. The number of benzene rings is 1. The molecule has 0 aliphatic rings. The van der Waals surface area contributed by atoms with Crippen LogP contribution in [0.2, 0.25) is 0 Å².